The van der Waals surface area contributed by atoms with Crippen molar-refractivity contribution >= 4 is 5.91 Å². The van der Waals surface area contributed by atoms with E-state index >= 15 is 0 Å². The number of rotatable bonds is 2. The molecule has 1 aromatic rings. The minimum Gasteiger partial charge on any atom is -0.377 e. The van der Waals surface area contributed by atoms with Gasteiger partial charge in [0.2, 0.25) is 0 Å². The Morgan fingerprint density at radius 2 is 2.50 bits per heavy atom. The van der Waals surface area contributed by atoms with E-state index in [2.05, 4.69) is 10.3 Å². The molecule has 1 aromatic heterocycles. The number of aliphatic hydroxyl groups is 1. The quantitative estimate of drug-likeness (QED) is 0.609. The van der Waals surface area contributed by atoms with E-state index in [0.717, 1.165) is 0 Å². The number of nitrogens with one attached hydrogen (secondary N) is 1. The molecule has 1 atom stereocenters. The van der Waals surface area contributed by atoms with Crippen LogP contribution < -0.4 is 5.32 Å². The SMILES string of the molecule is CNC(=O)C(O)c1cncn1C. The number of carbonyl (C=O) groups is 1. The number of aromatic nitrogens is 2. The van der Waals surface area contributed by atoms with E-state index < -0.39 is 12.0 Å². The maximum Gasteiger partial charge on any atom is 0.254 e. The highest BCUT2D eigenvalue weighted by molar-refractivity contribution is 5.81. The van der Waals surface area contributed by atoms with Crippen molar-refractivity contribution in [1.82, 2.24) is 14.9 Å². The number of aryl methyl sites for hydroxylation is 1. The third-order valence-electron chi connectivity index (χ3n) is 1.63. The maximum absolute atomic E-state index is 11.0. The first-order valence-corrected chi connectivity index (χ1v) is 3.52. The number of carbonyl (C=O) groups excluding carboxylic acids is 1. The van der Waals surface area contributed by atoms with Crippen LogP contribution in [-0.2, 0) is 11.8 Å². The first kappa shape index (κ1) is 8.73. The Labute approximate surface area is 70.0 Å². The van der Waals surface area contributed by atoms with Gasteiger partial charge in [-0.05, 0) is 0 Å². The molecule has 0 saturated heterocycles. The van der Waals surface area contributed by atoms with Gasteiger partial charge in [0.15, 0.2) is 6.10 Å². The molecule has 2 N–H and O–H groups in total. The molecule has 0 radical (unpaired) electrons. The highest BCUT2D eigenvalue weighted by Crippen LogP contribution is 2.09. The summed E-state index contributed by atoms with van der Waals surface area (Å²) in [4.78, 5) is 14.7. The van der Waals surface area contributed by atoms with E-state index in [9.17, 15) is 9.90 Å². The van der Waals surface area contributed by atoms with Crippen LogP contribution in [0.4, 0.5) is 0 Å². The first-order chi connectivity index (χ1) is 5.66. The van der Waals surface area contributed by atoms with Crippen molar-refractivity contribution in [3.63, 3.8) is 0 Å². The Kier molecular flexibility index (Phi) is 2.44. The van der Waals surface area contributed by atoms with Crippen molar-refractivity contribution in [3.05, 3.63) is 18.2 Å². The standard InChI is InChI=1S/C7H11N3O2/c1-8-7(12)6(11)5-3-9-4-10(5)2/h3-4,6,11H,1-2H3,(H,8,12). The molecule has 0 bridgehead atoms. The summed E-state index contributed by atoms with van der Waals surface area (Å²) in [7, 11) is 3.19. The van der Waals surface area contributed by atoms with Crippen LogP contribution in [0.2, 0.25) is 0 Å². The van der Waals surface area contributed by atoms with Crippen LogP contribution in [-0.4, -0.2) is 27.6 Å². The molecular formula is C7H11N3O2. The van der Waals surface area contributed by atoms with Crippen LogP contribution in [0.15, 0.2) is 12.5 Å². The van der Waals surface area contributed by atoms with Crippen molar-refractivity contribution < 1.29 is 9.90 Å². The predicted molar refractivity (Wildman–Crippen MR) is 42.2 cm³/mol. The van der Waals surface area contributed by atoms with Crippen LogP contribution in [0.25, 0.3) is 0 Å². The number of hydrogen-bond donors (Lipinski definition) is 2. The predicted octanol–water partition coefficient (Wildman–Crippen LogP) is -0.801. The van der Waals surface area contributed by atoms with Gasteiger partial charge in [0, 0.05) is 14.1 Å². The Morgan fingerprint density at radius 1 is 1.83 bits per heavy atom. The minimum atomic E-state index is -1.14. The summed E-state index contributed by atoms with van der Waals surface area (Å²) < 4.78 is 1.60. The summed E-state index contributed by atoms with van der Waals surface area (Å²) in [6, 6.07) is 0. The molecule has 0 aliphatic carbocycles. The van der Waals surface area contributed by atoms with Crippen LogP contribution in [0.5, 0.6) is 0 Å². The molecular weight excluding hydrogens is 158 g/mol. The van der Waals surface area contributed by atoms with Gasteiger partial charge in [-0.3, -0.25) is 4.79 Å². The molecule has 1 unspecified atom stereocenters. The van der Waals surface area contributed by atoms with Gasteiger partial charge >= 0.3 is 0 Å². The van der Waals surface area contributed by atoms with Crippen molar-refractivity contribution in [2.45, 2.75) is 6.10 Å². The molecule has 5 heteroatoms. The maximum atomic E-state index is 11.0. The fourth-order valence-corrected chi connectivity index (χ4v) is 0.902. The molecule has 0 saturated carbocycles. The van der Waals surface area contributed by atoms with Gasteiger partial charge in [-0.2, -0.15) is 0 Å². The van der Waals surface area contributed by atoms with E-state index in [0.29, 0.717) is 5.69 Å². The largest absolute Gasteiger partial charge is 0.377 e. The second-order valence-electron chi connectivity index (χ2n) is 2.45. The molecule has 1 amide bonds. The Bertz CT molecular complexity index is 282. The van der Waals surface area contributed by atoms with Gasteiger partial charge < -0.3 is 15.0 Å². The average Bonchev–Trinajstić information content (AvgIpc) is 2.48. The van der Waals surface area contributed by atoms with E-state index in [1.165, 1.54) is 19.6 Å². The molecule has 0 aliphatic rings. The van der Waals surface area contributed by atoms with E-state index in [1.807, 2.05) is 0 Å². The summed E-state index contributed by atoms with van der Waals surface area (Å²) >= 11 is 0. The van der Waals surface area contributed by atoms with Crippen LogP contribution >= 0.6 is 0 Å². The Hall–Kier alpha value is -1.36. The Morgan fingerprint density at radius 3 is 2.92 bits per heavy atom. The summed E-state index contributed by atoms with van der Waals surface area (Å²) in [5.74, 6) is -0.432. The fourth-order valence-electron chi connectivity index (χ4n) is 0.902. The smallest absolute Gasteiger partial charge is 0.254 e. The lowest BCUT2D eigenvalue weighted by molar-refractivity contribution is -0.129. The average molecular weight is 169 g/mol. The lowest BCUT2D eigenvalue weighted by Crippen LogP contribution is -2.26. The van der Waals surface area contributed by atoms with Gasteiger partial charge in [0.1, 0.15) is 0 Å². The minimum absolute atomic E-state index is 0.432. The fraction of sp³-hybridized carbons (Fsp3) is 0.429. The zero-order chi connectivity index (χ0) is 9.14. The van der Waals surface area contributed by atoms with Crippen molar-refractivity contribution in [1.29, 1.82) is 0 Å². The molecule has 0 fully saturated rings. The number of likely N-dealkylation sites (N-methyl/N-ethyl adjacent to an activating group) is 1. The van der Waals surface area contributed by atoms with Crippen molar-refractivity contribution in [3.8, 4) is 0 Å². The first-order valence-electron chi connectivity index (χ1n) is 3.52. The zero-order valence-corrected chi connectivity index (χ0v) is 6.98. The number of nitrogens with zero attached hydrogens (tertiary/aromatic N) is 2. The highest BCUT2D eigenvalue weighted by atomic mass is 16.3. The highest BCUT2D eigenvalue weighted by Gasteiger charge is 2.18. The number of imidazole rings is 1. The zero-order valence-electron chi connectivity index (χ0n) is 6.98. The summed E-state index contributed by atoms with van der Waals surface area (Å²) in [6.07, 6.45) is 1.85. The van der Waals surface area contributed by atoms with Gasteiger partial charge in [0.05, 0.1) is 18.2 Å². The summed E-state index contributed by atoms with van der Waals surface area (Å²) in [5, 5.41) is 11.7. The molecule has 1 rings (SSSR count). The van der Waals surface area contributed by atoms with Crippen molar-refractivity contribution in [2.24, 2.45) is 7.05 Å². The molecule has 66 valence electrons. The third-order valence-corrected chi connectivity index (χ3v) is 1.63. The number of amides is 1. The monoisotopic (exact) mass is 169 g/mol. The normalized spacial score (nSPS) is 12.6. The van der Waals surface area contributed by atoms with Crippen LogP contribution in [0.3, 0.4) is 0 Å². The van der Waals surface area contributed by atoms with Crippen molar-refractivity contribution in [2.75, 3.05) is 7.05 Å². The van der Waals surface area contributed by atoms with Gasteiger partial charge in [-0.1, -0.05) is 0 Å². The number of hydrogen-bond acceptors (Lipinski definition) is 3. The third kappa shape index (κ3) is 1.45. The van der Waals surface area contributed by atoms with E-state index in [-0.39, 0.29) is 0 Å². The lowest BCUT2D eigenvalue weighted by atomic mass is 10.2. The van der Waals surface area contributed by atoms with Gasteiger partial charge in [0.25, 0.3) is 5.91 Å². The topological polar surface area (TPSA) is 67.2 Å². The Balaban J connectivity index is 2.84. The summed E-state index contributed by atoms with van der Waals surface area (Å²) in [6.45, 7) is 0. The molecule has 5 nitrogen and oxygen atoms in total. The molecule has 12 heavy (non-hydrogen) atoms. The van der Waals surface area contributed by atoms with E-state index in [1.54, 1.807) is 11.6 Å². The van der Waals surface area contributed by atoms with Crippen LogP contribution in [0, 0.1) is 0 Å². The molecule has 1 heterocycles. The van der Waals surface area contributed by atoms with E-state index in [4.69, 9.17) is 0 Å². The summed E-state index contributed by atoms with van der Waals surface area (Å²) in [5.41, 5.74) is 0.481. The van der Waals surface area contributed by atoms with Gasteiger partial charge in [-0.15, -0.1) is 0 Å². The van der Waals surface area contributed by atoms with Gasteiger partial charge in [-0.25, -0.2) is 4.98 Å². The molecule has 0 spiro atoms. The second kappa shape index (κ2) is 3.36. The number of aliphatic hydroxyl groups excluding tert-OH is 1. The van der Waals surface area contributed by atoms with Crippen LogP contribution in [0.1, 0.15) is 11.8 Å². The molecule has 0 aromatic carbocycles. The molecule has 0 aliphatic heterocycles. The second-order valence-corrected chi connectivity index (χ2v) is 2.45. The lowest BCUT2D eigenvalue weighted by Gasteiger charge is -2.08.